The number of nitrogens with zero attached hydrogens (tertiary/aromatic N) is 1. The molecule has 0 N–H and O–H groups in total. The number of piperidine rings is 1. The fourth-order valence-corrected chi connectivity index (χ4v) is 2.60. The van der Waals surface area contributed by atoms with E-state index in [0.717, 1.165) is 32.2 Å². The van der Waals surface area contributed by atoms with Crippen LogP contribution < -0.4 is 0 Å². The molecule has 1 saturated heterocycles. The summed E-state index contributed by atoms with van der Waals surface area (Å²) in [5, 5.41) is 1.69. The number of rotatable bonds is 2. The number of ketones is 1. The Labute approximate surface area is 83.2 Å². The van der Waals surface area contributed by atoms with Gasteiger partial charge in [0.2, 0.25) is 0 Å². The maximum atomic E-state index is 11.6. The van der Waals surface area contributed by atoms with E-state index in [1.165, 1.54) is 0 Å². The first-order valence-electron chi connectivity index (χ1n) is 5.22. The summed E-state index contributed by atoms with van der Waals surface area (Å²) in [6.45, 7) is 1.23. The fourth-order valence-electron chi connectivity index (χ4n) is 2.60. The van der Waals surface area contributed by atoms with Gasteiger partial charge in [-0.2, -0.15) is 0 Å². The summed E-state index contributed by atoms with van der Waals surface area (Å²) < 4.78 is 0. The van der Waals surface area contributed by atoms with Gasteiger partial charge in [0.05, 0.1) is 6.04 Å². The lowest BCUT2D eigenvalue weighted by Crippen LogP contribution is -2.49. The Balaban J connectivity index is 2.07. The summed E-state index contributed by atoms with van der Waals surface area (Å²) in [6, 6.07) is 0.148. The van der Waals surface area contributed by atoms with Gasteiger partial charge in [0.1, 0.15) is 5.78 Å². The third-order valence-corrected chi connectivity index (χ3v) is 3.24. The summed E-state index contributed by atoms with van der Waals surface area (Å²) in [6.07, 6.45) is 4.52. The standard InChI is InChI=1S/C10H15NO3/c12-7-14-11-6-2-3-8-9(11)4-1-5-10(8)13/h7-9H,1-6H2. The van der Waals surface area contributed by atoms with E-state index in [1.807, 2.05) is 0 Å². The zero-order valence-electron chi connectivity index (χ0n) is 8.15. The Morgan fingerprint density at radius 2 is 2.21 bits per heavy atom. The van der Waals surface area contributed by atoms with Crippen LogP contribution >= 0.6 is 0 Å². The van der Waals surface area contributed by atoms with Gasteiger partial charge in [-0.05, 0) is 25.7 Å². The molecule has 2 rings (SSSR count). The van der Waals surface area contributed by atoms with E-state index in [2.05, 4.69) is 0 Å². The SMILES string of the molecule is O=CON1CCCC2C(=O)CCCC21. The monoisotopic (exact) mass is 197 g/mol. The molecule has 2 atom stereocenters. The van der Waals surface area contributed by atoms with Crippen LogP contribution in [-0.2, 0) is 14.4 Å². The molecule has 1 saturated carbocycles. The van der Waals surface area contributed by atoms with Gasteiger partial charge >= 0.3 is 6.47 Å². The van der Waals surface area contributed by atoms with Gasteiger partial charge in [0, 0.05) is 18.9 Å². The van der Waals surface area contributed by atoms with Gasteiger partial charge < -0.3 is 4.84 Å². The fraction of sp³-hybridized carbons (Fsp3) is 0.800. The number of hydroxylamine groups is 2. The van der Waals surface area contributed by atoms with E-state index < -0.39 is 0 Å². The van der Waals surface area contributed by atoms with Gasteiger partial charge in [-0.1, -0.05) is 0 Å². The Morgan fingerprint density at radius 1 is 1.36 bits per heavy atom. The van der Waals surface area contributed by atoms with E-state index in [1.54, 1.807) is 5.06 Å². The zero-order chi connectivity index (χ0) is 9.97. The Bertz CT molecular complexity index is 242. The minimum Gasteiger partial charge on any atom is -0.371 e. The lowest BCUT2D eigenvalue weighted by molar-refractivity contribution is -0.204. The molecule has 2 aliphatic rings. The average Bonchev–Trinajstić information content (AvgIpc) is 2.20. The predicted molar refractivity (Wildman–Crippen MR) is 49.2 cm³/mol. The van der Waals surface area contributed by atoms with Crippen molar-refractivity contribution in [2.24, 2.45) is 5.92 Å². The van der Waals surface area contributed by atoms with Crippen LogP contribution in [0.25, 0.3) is 0 Å². The highest BCUT2D eigenvalue weighted by molar-refractivity contribution is 5.82. The maximum Gasteiger partial charge on any atom is 0.313 e. The number of fused-ring (bicyclic) bond motifs is 1. The van der Waals surface area contributed by atoms with E-state index in [4.69, 9.17) is 4.84 Å². The molecule has 4 nitrogen and oxygen atoms in total. The first-order chi connectivity index (χ1) is 6.83. The molecule has 0 spiro atoms. The summed E-state index contributed by atoms with van der Waals surface area (Å²) in [7, 11) is 0. The first-order valence-corrected chi connectivity index (χ1v) is 5.22. The van der Waals surface area contributed by atoms with Crippen LogP contribution in [0.4, 0.5) is 0 Å². The largest absolute Gasteiger partial charge is 0.371 e. The summed E-state index contributed by atoms with van der Waals surface area (Å²) in [5.74, 6) is 0.456. The molecule has 0 radical (unpaired) electrons. The van der Waals surface area contributed by atoms with Crippen molar-refractivity contribution in [1.82, 2.24) is 5.06 Å². The molecule has 1 aliphatic carbocycles. The minimum absolute atomic E-state index is 0.109. The molecule has 0 aromatic carbocycles. The lowest BCUT2D eigenvalue weighted by atomic mass is 9.78. The number of Topliss-reactive ketones (excluding diaryl/α,β-unsaturated/α-hetero) is 1. The van der Waals surface area contributed by atoms with Crippen molar-refractivity contribution in [3.8, 4) is 0 Å². The Kier molecular flexibility index (Phi) is 2.82. The lowest BCUT2D eigenvalue weighted by Gasteiger charge is -2.40. The number of hydrogen-bond acceptors (Lipinski definition) is 4. The number of hydrogen-bond donors (Lipinski definition) is 0. The summed E-state index contributed by atoms with van der Waals surface area (Å²) >= 11 is 0. The summed E-state index contributed by atoms with van der Waals surface area (Å²) in [5.41, 5.74) is 0. The molecular weight excluding hydrogens is 182 g/mol. The smallest absolute Gasteiger partial charge is 0.313 e. The third kappa shape index (κ3) is 1.66. The third-order valence-electron chi connectivity index (χ3n) is 3.24. The van der Waals surface area contributed by atoms with Crippen LogP contribution in [0, 0.1) is 5.92 Å². The van der Waals surface area contributed by atoms with Crippen LogP contribution in [0.15, 0.2) is 0 Å². The highest BCUT2D eigenvalue weighted by atomic mass is 16.7. The topological polar surface area (TPSA) is 46.6 Å². The second-order valence-corrected chi connectivity index (χ2v) is 4.02. The van der Waals surface area contributed by atoms with Gasteiger partial charge in [-0.15, -0.1) is 5.06 Å². The Morgan fingerprint density at radius 3 is 3.00 bits per heavy atom. The van der Waals surface area contributed by atoms with Crippen LogP contribution in [0.2, 0.25) is 0 Å². The van der Waals surface area contributed by atoms with Crippen molar-refractivity contribution in [2.75, 3.05) is 6.54 Å². The van der Waals surface area contributed by atoms with Crippen LogP contribution in [0.3, 0.4) is 0 Å². The van der Waals surface area contributed by atoms with Crippen molar-refractivity contribution in [2.45, 2.75) is 38.1 Å². The molecular formula is C10H15NO3. The molecule has 14 heavy (non-hydrogen) atoms. The van der Waals surface area contributed by atoms with Crippen LogP contribution in [-0.4, -0.2) is 29.9 Å². The minimum atomic E-state index is 0.109. The predicted octanol–water partition coefficient (Wildman–Crippen LogP) is 0.908. The highest BCUT2D eigenvalue weighted by Gasteiger charge is 2.39. The maximum absolute atomic E-state index is 11.6. The normalized spacial score (nSPS) is 33.6. The molecule has 0 aromatic heterocycles. The van der Waals surface area contributed by atoms with E-state index >= 15 is 0 Å². The van der Waals surface area contributed by atoms with E-state index in [9.17, 15) is 9.59 Å². The van der Waals surface area contributed by atoms with Gasteiger partial charge in [0.25, 0.3) is 0 Å². The molecule has 2 fully saturated rings. The van der Waals surface area contributed by atoms with E-state index in [-0.39, 0.29) is 12.0 Å². The van der Waals surface area contributed by atoms with Gasteiger partial charge in [0.15, 0.2) is 0 Å². The van der Waals surface area contributed by atoms with Gasteiger partial charge in [-0.25, -0.2) is 0 Å². The molecule has 0 aromatic rings. The summed E-state index contributed by atoms with van der Waals surface area (Å²) in [4.78, 5) is 26.8. The molecule has 0 amide bonds. The molecule has 1 aliphatic heterocycles. The second-order valence-electron chi connectivity index (χ2n) is 4.02. The first kappa shape index (κ1) is 9.65. The van der Waals surface area contributed by atoms with E-state index in [0.29, 0.717) is 18.7 Å². The van der Waals surface area contributed by atoms with Crippen molar-refractivity contribution in [3.05, 3.63) is 0 Å². The molecule has 2 unspecified atom stereocenters. The number of carbonyl (C=O) groups excluding carboxylic acids is 2. The Hall–Kier alpha value is -0.900. The number of carbonyl (C=O) groups is 2. The van der Waals surface area contributed by atoms with Crippen molar-refractivity contribution in [3.63, 3.8) is 0 Å². The molecule has 1 heterocycles. The molecule has 4 heteroatoms. The second kappa shape index (κ2) is 4.09. The van der Waals surface area contributed by atoms with Crippen molar-refractivity contribution < 1.29 is 14.4 Å². The average molecular weight is 197 g/mol. The quantitative estimate of drug-likeness (QED) is 0.617. The van der Waals surface area contributed by atoms with Crippen molar-refractivity contribution in [1.29, 1.82) is 0 Å². The molecule has 0 bridgehead atoms. The van der Waals surface area contributed by atoms with Crippen LogP contribution in [0.1, 0.15) is 32.1 Å². The molecule has 78 valence electrons. The zero-order valence-corrected chi connectivity index (χ0v) is 8.15. The van der Waals surface area contributed by atoms with Gasteiger partial charge in [-0.3, -0.25) is 9.59 Å². The highest BCUT2D eigenvalue weighted by Crippen LogP contribution is 2.32. The van der Waals surface area contributed by atoms with Crippen molar-refractivity contribution >= 4 is 12.3 Å². The van der Waals surface area contributed by atoms with Crippen LogP contribution in [0.5, 0.6) is 0 Å².